The zero-order chi connectivity index (χ0) is 14.3. The molecule has 0 N–H and O–H groups in total. The van der Waals surface area contributed by atoms with Gasteiger partial charge in [-0.1, -0.05) is 0 Å². The summed E-state index contributed by atoms with van der Waals surface area (Å²) in [5.41, 5.74) is 1.39. The van der Waals surface area contributed by atoms with E-state index in [1.54, 1.807) is 38.4 Å². The van der Waals surface area contributed by atoms with Crippen molar-refractivity contribution in [3.8, 4) is 5.75 Å². The quantitative estimate of drug-likeness (QED) is 0.769. The lowest BCUT2D eigenvalue weighted by Crippen LogP contribution is -2.04. The molecule has 0 spiro atoms. The number of carbonyl (C=O) groups excluding carboxylic acids is 2. The molecule has 0 radical (unpaired) electrons. The third-order valence-corrected chi connectivity index (χ3v) is 2.36. The summed E-state index contributed by atoms with van der Waals surface area (Å²) in [5, 5.41) is 0. The molecule has 2 rings (SSSR count). The zero-order valence-electron chi connectivity index (χ0n) is 11.3. The van der Waals surface area contributed by atoms with Gasteiger partial charge in [-0.25, -0.2) is 0 Å². The highest BCUT2D eigenvalue weighted by atomic mass is 16.5. The van der Waals surface area contributed by atoms with Gasteiger partial charge >= 0.3 is 5.97 Å². The largest absolute Gasteiger partial charge is 0.497 e. The highest BCUT2D eigenvalue weighted by molar-refractivity contribution is 6.10. The minimum absolute atomic E-state index is 0.101. The van der Waals surface area contributed by atoms with Crippen LogP contribution in [0.4, 0.5) is 5.69 Å². The lowest BCUT2D eigenvalue weighted by Gasteiger charge is -2.09. The molecule has 19 heavy (non-hydrogen) atoms. The van der Waals surface area contributed by atoms with E-state index < -0.39 is 0 Å². The fourth-order valence-electron chi connectivity index (χ4n) is 1.52. The molecule has 102 valence electrons. The van der Waals surface area contributed by atoms with Gasteiger partial charge in [0.25, 0.3) is 0 Å². The van der Waals surface area contributed by atoms with Gasteiger partial charge in [-0.15, -0.1) is 0 Å². The Morgan fingerprint density at radius 3 is 2.68 bits per heavy atom. The van der Waals surface area contributed by atoms with Crippen LogP contribution in [0.1, 0.15) is 30.6 Å². The molecule has 0 amide bonds. The van der Waals surface area contributed by atoms with Crippen LogP contribution < -0.4 is 4.74 Å². The summed E-state index contributed by atoms with van der Waals surface area (Å²) < 4.78 is 9.43. The molecular weight excluding hydrogens is 246 g/mol. The summed E-state index contributed by atoms with van der Waals surface area (Å²) in [7, 11) is 1.58. The summed E-state index contributed by atoms with van der Waals surface area (Å²) in [6.45, 7) is 3.65. The molecule has 1 aliphatic rings. The van der Waals surface area contributed by atoms with Gasteiger partial charge in [0.1, 0.15) is 5.75 Å². The van der Waals surface area contributed by atoms with Crippen LogP contribution in [-0.2, 0) is 9.53 Å². The second kappa shape index (κ2) is 7.31. The number of rotatable bonds is 2. The molecule has 0 atom stereocenters. The number of aliphatic imine (C=N–C) groups is 1. The molecule has 0 bridgehead atoms. The first-order chi connectivity index (χ1) is 9.08. The van der Waals surface area contributed by atoms with E-state index in [2.05, 4.69) is 9.73 Å². The van der Waals surface area contributed by atoms with E-state index in [9.17, 15) is 9.59 Å². The van der Waals surface area contributed by atoms with E-state index in [4.69, 9.17) is 4.74 Å². The lowest BCUT2D eigenvalue weighted by molar-refractivity contribution is -0.140. The summed E-state index contributed by atoms with van der Waals surface area (Å²) in [5.74, 6) is 0.589. The highest BCUT2D eigenvalue weighted by Gasteiger charge is 2.14. The fourth-order valence-corrected chi connectivity index (χ4v) is 1.52. The average molecular weight is 263 g/mol. The van der Waals surface area contributed by atoms with Crippen molar-refractivity contribution in [3.05, 3.63) is 23.8 Å². The van der Waals surface area contributed by atoms with Crippen LogP contribution in [0.2, 0.25) is 0 Å². The predicted molar refractivity (Wildman–Crippen MR) is 72.4 cm³/mol. The Bertz CT molecular complexity index is 494. The zero-order valence-corrected chi connectivity index (χ0v) is 11.3. The third kappa shape index (κ3) is 4.54. The van der Waals surface area contributed by atoms with Crippen molar-refractivity contribution in [2.24, 2.45) is 4.99 Å². The van der Waals surface area contributed by atoms with Gasteiger partial charge in [-0.3, -0.25) is 14.6 Å². The SMILES string of the molecule is CCOC(C)=O.COc1ccc2c(c1)C(=O)CC=N2. The van der Waals surface area contributed by atoms with Gasteiger partial charge in [0, 0.05) is 25.1 Å². The Morgan fingerprint density at radius 1 is 1.42 bits per heavy atom. The van der Waals surface area contributed by atoms with Crippen LogP contribution >= 0.6 is 0 Å². The number of nitrogens with zero attached hydrogens (tertiary/aromatic N) is 1. The first-order valence-electron chi connectivity index (χ1n) is 5.95. The Balaban J connectivity index is 0.000000258. The topological polar surface area (TPSA) is 65.0 Å². The summed E-state index contributed by atoms with van der Waals surface area (Å²) in [4.78, 5) is 25.3. The third-order valence-electron chi connectivity index (χ3n) is 2.36. The van der Waals surface area contributed by atoms with E-state index in [0.717, 1.165) is 5.69 Å². The van der Waals surface area contributed by atoms with Crippen LogP contribution in [0.5, 0.6) is 5.75 Å². The van der Waals surface area contributed by atoms with Crippen molar-refractivity contribution in [1.29, 1.82) is 0 Å². The molecule has 0 aromatic heterocycles. The van der Waals surface area contributed by atoms with E-state index in [1.165, 1.54) is 6.92 Å². The number of ketones is 1. The van der Waals surface area contributed by atoms with Crippen molar-refractivity contribution in [3.63, 3.8) is 0 Å². The average Bonchev–Trinajstić information content (AvgIpc) is 2.39. The van der Waals surface area contributed by atoms with Crippen molar-refractivity contribution < 1.29 is 19.1 Å². The Hall–Kier alpha value is -2.17. The monoisotopic (exact) mass is 263 g/mol. The maximum Gasteiger partial charge on any atom is 0.302 e. The van der Waals surface area contributed by atoms with Crippen LogP contribution in [0, 0.1) is 0 Å². The number of methoxy groups -OCH3 is 1. The van der Waals surface area contributed by atoms with E-state index >= 15 is 0 Å². The summed E-state index contributed by atoms with van der Waals surface area (Å²) >= 11 is 0. The van der Waals surface area contributed by atoms with Crippen molar-refractivity contribution in [2.45, 2.75) is 20.3 Å². The number of hydrogen-bond donors (Lipinski definition) is 0. The predicted octanol–water partition coefficient (Wildman–Crippen LogP) is 2.55. The summed E-state index contributed by atoms with van der Waals surface area (Å²) in [6, 6.07) is 5.32. The fraction of sp³-hybridized carbons (Fsp3) is 0.357. The number of Topliss-reactive ketones (excluding diaryl/α,β-unsaturated/α-hetero) is 1. The summed E-state index contributed by atoms with van der Waals surface area (Å²) in [6.07, 6.45) is 2.03. The van der Waals surface area contributed by atoms with E-state index in [1.807, 2.05) is 0 Å². The minimum Gasteiger partial charge on any atom is -0.497 e. The van der Waals surface area contributed by atoms with Gasteiger partial charge < -0.3 is 9.47 Å². The smallest absolute Gasteiger partial charge is 0.302 e. The van der Waals surface area contributed by atoms with Crippen molar-refractivity contribution >= 4 is 23.7 Å². The van der Waals surface area contributed by atoms with Gasteiger partial charge in [-0.05, 0) is 25.1 Å². The number of fused-ring (bicyclic) bond motifs is 1. The van der Waals surface area contributed by atoms with Crippen LogP contribution in [0.25, 0.3) is 0 Å². The molecule has 5 nitrogen and oxygen atoms in total. The molecule has 1 aromatic carbocycles. The molecule has 0 saturated heterocycles. The maximum atomic E-state index is 11.4. The van der Waals surface area contributed by atoms with Gasteiger partial charge in [0.05, 0.1) is 19.4 Å². The molecule has 0 saturated carbocycles. The lowest BCUT2D eigenvalue weighted by atomic mass is 10.0. The second-order valence-electron chi connectivity index (χ2n) is 3.75. The number of ether oxygens (including phenoxy) is 2. The molecule has 1 heterocycles. The standard InChI is InChI=1S/C10H9NO2.C4H8O2/c1-13-7-2-3-9-8(6-7)10(12)4-5-11-9;1-3-6-4(2)5/h2-3,5-6H,4H2,1H3;3H2,1-2H3. The van der Waals surface area contributed by atoms with Crippen LogP contribution in [-0.4, -0.2) is 31.7 Å². The number of esters is 1. The van der Waals surface area contributed by atoms with Crippen molar-refractivity contribution in [1.82, 2.24) is 0 Å². The second-order valence-corrected chi connectivity index (χ2v) is 3.75. The molecule has 0 unspecified atom stereocenters. The Labute approximate surface area is 112 Å². The molecule has 5 heteroatoms. The molecule has 1 aliphatic heterocycles. The Morgan fingerprint density at radius 2 is 2.16 bits per heavy atom. The number of benzene rings is 1. The first-order valence-corrected chi connectivity index (χ1v) is 5.95. The normalized spacial score (nSPS) is 12.1. The molecule has 0 fully saturated rings. The van der Waals surface area contributed by atoms with Crippen molar-refractivity contribution in [2.75, 3.05) is 13.7 Å². The highest BCUT2D eigenvalue weighted by Crippen LogP contribution is 2.27. The van der Waals surface area contributed by atoms with E-state index in [-0.39, 0.29) is 11.8 Å². The van der Waals surface area contributed by atoms with E-state index in [0.29, 0.717) is 24.3 Å². The minimum atomic E-state index is -0.211. The van der Waals surface area contributed by atoms with Gasteiger partial charge in [0.2, 0.25) is 0 Å². The first kappa shape index (κ1) is 14.9. The Kier molecular flexibility index (Phi) is 5.73. The van der Waals surface area contributed by atoms with Crippen LogP contribution in [0.3, 0.4) is 0 Å². The van der Waals surface area contributed by atoms with Gasteiger partial charge in [0.15, 0.2) is 5.78 Å². The van der Waals surface area contributed by atoms with Gasteiger partial charge in [-0.2, -0.15) is 0 Å². The molecular formula is C14H17NO4. The maximum absolute atomic E-state index is 11.4. The molecule has 0 aliphatic carbocycles. The number of hydrogen-bond acceptors (Lipinski definition) is 5. The van der Waals surface area contributed by atoms with Crippen LogP contribution in [0.15, 0.2) is 23.2 Å². The number of carbonyl (C=O) groups is 2. The molecule has 1 aromatic rings.